The molecule has 3 aromatic carbocycles. The maximum absolute atomic E-state index is 13.4. The van der Waals surface area contributed by atoms with Gasteiger partial charge in [-0.25, -0.2) is 8.42 Å². The monoisotopic (exact) mass is 465 g/mol. The summed E-state index contributed by atoms with van der Waals surface area (Å²) in [5, 5.41) is 2.82. The molecule has 1 aliphatic rings. The molecule has 0 atom stereocenters. The molecular weight excluding hydrogens is 438 g/mol. The Bertz CT molecular complexity index is 1190. The molecule has 0 aliphatic carbocycles. The summed E-state index contributed by atoms with van der Waals surface area (Å²) in [5.74, 6) is 0.0601. The van der Waals surface area contributed by atoms with Crippen LogP contribution in [0.3, 0.4) is 0 Å². The van der Waals surface area contributed by atoms with E-state index >= 15 is 0 Å². The lowest BCUT2D eigenvalue weighted by atomic mass is 10.2. The van der Waals surface area contributed by atoms with Crippen molar-refractivity contribution >= 4 is 33.0 Å². The van der Waals surface area contributed by atoms with Crippen molar-refractivity contribution in [2.24, 2.45) is 0 Å². The Kier molecular flexibility index (Phi) is 6.84. The van der Waals surface area contributed by atoms with E-state index in [0.29, 0.717) is 17.1 Å². The number of sulfonamides is 1. The highest BCUT2D eigenvalue weighted by atomic mass is 32.2. The number of amides is 1. The summed E-state index contributed by atoms with van der Waals surface area (Å²) in [5.41, 5.74) is 2.08. The van der Waals surface area contributed by atoms with Crippen molar-refractivity contribution in [3.63, 3.8) is 0 Å². The van der Waals surface area contributed by atoms with Crippen LogP contribution in [0.4, 0.5) is 17.1 Å². The summed E-state index contributed by atoms with van der Waals surface area (Å²) < 4.78 is 33.2. The smallest absolute Gasteiger partial charge is 0.264 e. The zero-order valence-corrected chi connectivity index (χ0v) is 19.3. The molecule has 0 unspecified atom stereocenters. The molecule has 3 aromatic rings. The zero-order valence-electron chi connectivity index (χ0n) is 18.5. The first-order valence-electron chi connectivity index (χ1n) is 10.8. The van der Waals surface area contributed by atoms with Gasteiger partial charge in [-0.2, -0.15) is 0 Å². The number of hydrogen-bond acceptors (Lipinski definition) is 5. The van der Waals surface area contributed by atoms with Gasteiger partial charge in [-0.3, -0.25) is 9.10 Å². The Morgan fingerprint density at radius 3 is 2.33 bits per heavy atom. The highest BCUT2D eigenvalue weighted by molar-refractivity contribution is 7.92. The number of carbonyl (C=O) groups is 1. The molecule has 1 fully saturated rings. The van der Waals surface area contributed by atoms with Crippen LogP contribution in [-0.2, 0) is 14.8 Å². The van der Waals surface area contributed by atoms with Gasteiger partial charge in [0.05, 0.1) is 17.7 Å². The lowest BCUT2D eigenvalue weighted by molar-refractivity contribution is -0.114. The molecule has 1 N–H and O–H groups in total. The normalized spacial score (nSPS) is 13.5. The second-order valence-electron chi connectivity index (χ2n) is 7.82. The zero-order chi connectivity index (χ0) is 23.3. The van der Waals surface area contributed by atoms with Gasteiger partial charge in [-0.15, -0.1) is 0 Å². The van der Waals surface area contributed by atoms with E-state index in [1.165, 1.54) is 32.1 Å². The first kappa shape index (κ1) is 22.7. The number of carbonyl (C=O) groups excluding carboxylic acids is 1. The molecule has 0 radical (unpaired) electrons. The van der Waals surface area contributed by atoms with Crippen molar-refractivity contribution in [2.75, 3.05) is 41.3 Å². The molecule has 0 aromatic heterocycles. The average Bonchev–Trinajstić information content (AvgIpc) is 3.38. The van der Waals surface area contributed by atoms with Crippen LogP contribution in [0, 0.1) is 0 Å². The second-order valence-corrected chi connectivity index (χ2v) is 9.68. The Balaban J connectivity index is 1.56. The summed E-state index contributed by atoms with van der Waals surface area (Å²) in [6, 6.07) is 22.3. The molecule has 4 rings (SSSR count). The van der Waals surface area contributed by atoms with Crippen LogP contribution in [0.2, 0.25) is 0 Å². The number of nitrogens with zero attached hydrogens (tertiary/aromatic N) is 2. The standard InChI is InChI=1S/C25H27N3O4S/c1-32-23-9-7-8-22(18-23)28(33(30,31)24-10-3-2-4-11-24)19-25(29)26-20-12-14-21(15-13-20)27-16-5-6-17-27/h2-4,7-15,18H,5-6,16-17,19H2,1H3,(H,26,29). The van der Waals surface area contributed by atoms with Gasteiger partial charge in [0.1, 0.15) is 12.3 Å². The lowest BCUT2D eigenvalue weighted by Crippen LogP contribution is -2.38. The summed E-state index contributed by atoms with van der Waals surface area (Å²) in [6.07, 6.45) is 2.38. The minimum absolute atomic E-state index is 0.107. The van der Waals surface area contributed by atoms with Crippen LogP contribution in [0.5, 0.6) is 5.75 Å². The first-order valence-corrected chi connectivity index (χ1v) is 12.3. The topological polar surface area (TPSA) is 79.0 Å². The van der Waals surface area contributed by atoms with Gasteiger partial charge in [0.2, 0.25) is 5.91 Å². The largest absolute Gasteiger partial charge is 0.497 e. The molecule has 1 amide bonds. The lowest BCUT2D eigenvalue weighted by Gasteiger charge is -2.24. The van der Waals surface area contributed by atoms with Gasteiger partial charge >= 0.3 is 0 Å². The maximum Gasteiger partial charge on any atom is 0.264 e. The van der Waals surface area contributed by atoms with E-state index in [1.807, 2.05) is 24.3 Å². The predicted molar refractivity (Wildman–Crippen MR) is 130 cm³/mol. The van der Waals surface area contributed by atoms with Gasteiger partial charge in [0.25, 0.3) is 10.0 Å². The van der Waals surface area contributed by atoms with Crippen LogP contribution in [0.15, 0.2) is 83.8 Å². The summed E-state index contributed by atoms with van der Waals surface area (Å²) >= 11 is 0. The molecule has 0 bridgehead atoms. The van der Waals surface area contributed by atoms with Crippen LogP contribution < -0.4 is 19.3 Å². The van der Waals surface area contributed by atoms with E-state index in [-0.39, 0.29) is 11.4 Å². The number of benzene rings is 3. The van der Waals surface area contributed by atoms with Crippen molar-refractivity contribution in [1.29, 1.82) is 0 Å². The number of anilines is 3. The van der Waals surface area contributed by atoms with Crippen molar-refractivity contribution in [2.45, 2.75) is 17.7 Å². The molecule has 1 saturated heterocycles. The van der Waals surface area contributed by atoms with Crippen LogP contribution in [0.1, 0.15) is 12.8 Å². The third kappa shape index (κ3) is 5.28. The van der Waals surface area contributed by atoms with Crippen molar-refractivity contribution < 1.29 is 17.9 Å². The fraction of sp³-hybridized carbons (Fsp3) is 0.240. The summed E-state index contributed by atoms with van der Waals surface area (Å²) in [6.45, 7) is 1.70. The Hall–Kier alpha value is -3.52. The fourth-order valence-electron chi connectivity index (χ4n) is 3.86. The van der Waals surface area contributed by atoms with Gasteiger partial charge in [-0.1, -0.05) is 24.3 Å². The molecule has 172 valence electrons. The van der Waals surface area contributed by atoms with Crippen LogP contribution >= 0.6 is 0 Å². The molecule has 0 spiro atoms. The van der Waals surface area contributed by atoms with Crippen LogP contribution in [0.25, 0.3) is 0 Å². The Morgan fingerprint density at radius 2 is 1.67 bits per heavy atom. The van der Waals surface area contributed by atoms with Gasteiger partial charge in [0, 0.05) is 30.5 Å². The molecule has 8 heteroatoms. The fourth-order valence-corrected chi connectivity index (χ4v) is 5.30. The van der Waals surface area contributed by atoms with E-state index in [0.717, 1.165) is 23.1 Å². The minimum atomic E-state index is -3.97. The van der Waals surface area contributed by atoms with Crippen molar-refractivity contribution in [3.05, 3.63) is 78.9 Å². The summed E-state index contributed by atoms with van der Waals surface area (Å²) in [4.78, 5) is 15.3. The van der Waals surface area contributed by atoms with Gasteiger partial charge in [-0.05, 0) is 61.4 Å². The SMILES string of the molecule is COc1cccc(N(CC(=O)Nc2ccc(N3CCCC3)cc2)S(=O)(=O)c2ccccc2)c1. The van der Waals surface area contributed by atoms with Gasteiger partial charge < -0.3 is 15.0 Å². The predicted octanol–water partition coefficient (Wildman–Crippen LogP) is 4.13. The Labute approximate surface area is 194 Å². The quantitative estimate of drug-likeness (QED) is 0.541. The molecule has 1 aliphatic heterocycles. The minimum Gasteiger partial charge on any atom is -0.497 e. The van der Waals surface area contributed by atoms with Crippen molar-refractivity contribution in [3.8, 4) is 5.75 Å². The number of ether oxygens (including phenoxy) is 1. The second kappa shape index (κ2) is 9.95. The molecule has 33 heavy (non-hydrogen) atoms. The molecular formula is C25H27N3O4S. The first-order chi connectivity index (χ1) is 16.0. The molecule has 7 nitrogen and oxygen atoms in total. The summed E-state index contributed by atoms with van der Waals surface area (Å²) in [7, 11) is -2.47. The number of methoxy groups -OCH3 is 1. The number of hydrogen-bond donors (Lipinski definition) is 1. The van der Waals surface area contributed by atoms with Crippen molar-refractivity contribution in [1.82, 2.24) is 0 Å². The maximum atomic E-state index is 13.4. The van der Waals surface area contributed by atoms with E-state index in [1.54, 1.807) is 42.5 Å². The molecule has 1 heterocycles. The van der Waals surface area contributed by atoms with Gasteiger partial charge in [0.15, 0.2) is 0 Å². The van der Waals surface area contributed by atoms with E-state index in [2.05, 4.69) is 10.2 Å². The molecule has 0 saturated carbocycles. The highest BCUT2D eigenvalue weighted by Gasteiger charge is 2.27. The Morgan fingerprint density at radius 1 is 0.970 bits per heavy atom. The third-order valence-electron chi connectivity index (χ3n) is 5.58. The average molecular weight is 466 g/mol. The third-order valence-corrected chi connectivity index (χ3v) is 7.37. The van der Waals surface area contributed by atoms with E-state index < -0.39 is 15.9 Å². The van der Waals surface area contributed by atoms with Crippen LogP contribution in [-0.4, -0.2) is 41.1 Å². The van der Waals surface area contributed by atoms with E-state index in [9.17, 15) is 13.2 Å². The number of nitrogens with one attached hydrogen (secondary N) is 1. The van der Waals surface area contributed by atoms with E-state index in [4.69, 9.17) is 4.74 Å². The number of rotatable bonds is 8. The highest BCUT2D eigenvalue weighted by Crippen LogP contribution is 2.27.